The van der Waals surface area contributed by atoms with Crippen molar-refractivity contribution in [2.24, 2.45) is 0 Å². The number of nitrogens with zero attached hydrogens (tertiary/aromatic N) is 1. The van der Waals surface area contributed by atoms with Crippen molar-refractivity contribution in [3.05, 3.63) is 0 Å². The normalized spacial score (nSPS) is 35.6. The van der Waals surface area contributed by atoms with E-state index < -0.39 is 0 Å². The van der Waals surface area contributed by atoms with Crippen LogP contribution in [-0.4, -0.2) is 48.3 Å². The molecule has 0 bridgehead atoms. The summed E-state index contributed by atoms with van der Waals surface area (Å²) in [5.74, 6) is 0. The molecule has 88 valence electrons. The first-order chi connectivity index (χ1) is 6.91. The first kappa shape index (κ1) is 11.4. The highest BCUT2D eigenvalue weighted by molar-refractivity contribution is 5.00. The Kier molecular flexibility index (Phi) is 2.82. The minimum absolute atomic E-state index is 0.234. The molecule has 2 fully saturated rings. The molecule has 0 aliphatic carbocycles. The summed E-state index contributed by atoms with van der Waals surface area (Å²) >= 11 is 0. The van der Waals surface area contributed by atoms with Crippen LogP contribution in [0.4, 0.5) is 0 Å². The predicted octanol–water partition coefficient (Wildman–Crippen LogP) is 1.24. The van der Waals surface area contributed by atoms with E-state index in [1.54, 1.807) is 0 Å². The van der Waals surface area contributed by atoms with Crippen molar-refractivity contribution in [2.45, 2.75) is 51.2 Å². The maximum absolute atomic E-state index is 5.51. The summed E-state index contributed by atoms with van der Waals surface area (Å²) in [6, 6.07) is 0.626. The summed E-state index contributed by atoms with van der Waals surface area (Å²) in [5, 5.41) is 3.62. The zero-order chi connectivity index (χ0) is 11.1. The van der Waals surface area contributed by atoms with Crippen molar-refractivity contribution < 1.29 is 4.74 Å². The van der Waals surface area contributed by atoms with Crippen LogP contribution >= 0.6 is 0 Å². The van der Waals surface area contributed by atoms with E-state index in [0.717, 1.165) is 26.3 Å². The van der Waals surface area contributed by atoms with E-state index in [0.29, 0.717) is 6.04 Å². The lowest BCUT2D eigenvalue weighted by molar-refractivity contribution is -0.000613. The Bertz CT molecular complexity index is 232. The second-order valence-electron chi connectivity index (χ2n) is 6.20. The molecule has 0 spiro atoms. The fourth-order valence-corrected chi connectivity index (χ4v) is 2.64. The Morgan fingerprint density at radius 3 is 2.60 bits per heavy atom. The van der Waals surface area contributed by atoms with Crippen molar-refractivity contribution in [3.8, 4) is 0 Å². The van der Waals surface area contributed by atoms with Gasteiger partial charge in [-0.2, -0.15) is 0 Å². The molecule has 3 nitrogen and oxygen atoms in total. The van der Waals surface area contributed by atoms with Gasteiger partial charge in [0.25, 0.3) is 0 Å². The minimum Gasteiger partial charge on any atom is -0.380 e. The quantitative estimate of drug-likeness (QED) is 0.708. The zero-order valence-electron chi connectivity index (χ0n) is 10.5. The van der Waals surface area contributed by atoms with Crippen LogP contribution in [0, 0.1) is 0 Å². The predicted molar refractivity (Wildman–Crippen MR) is 62.1 cm³/mol. The van der Waals surface area contributed by atoms with Crippen LogP contribution in [0.2, 0.25) is 0 Å². The third-order valence-corrected chi connectivity index (χ3v) is 3.69. The maximum atomic E-state index is 5.51. The molecule has 0 aromatic heterocycles. The van der Waals surface area contributed by atoms with Crippen LogP contribution in [0.5, 0.6) is 0 Å². The number of ether oxygens (including phenoxy) is 1. The molecule has 1 atom stereocenters. The van der Waals surface area contributed by atoms with Crippen molar-refractivity contribution in [3.63, 3.8) is 0 Å². The van der Waals surface area contributed by atoms with E-state index in [1.807, 2.05) is 0 Å². The molecule has 0 radical (unpaired) electrons. The fraction of sp³-hybridized carbons (Fsp3) is 1.00. The Morgan fingerprint density at radius 2 is 2.00 bits per heavy atom. The zero-order valence-corrected chi connectivity index (χ0v) is 10.5. The van der Waals surface area contributed by atoms with Gasteiger partial charge in [0.15, 0.2) is 0 Å². The molecule has 0 aromatic rings. The molecule has 2 rings (SSSR count). The van der Waals surface area contributed by atoms with Gasteiger partial charge in [-0.25, -0.2) is 0 Å². The van der Waals surface area contributed by atoms with Gasteiger partial charge in [-0.15, -0.1) is 0 Å². The van der Waals surface area contributed by atoms with E-state index in [4.69, 9.17) is 4.74 Å². The number of hydrogen-bond acceptors (Lipinski definition) is 3. The molecule has 0 aromatic carbocycles. The van der Waals surface area contributed by atoms with Gasteiger partial charge in [-0.1, -0.05) is 0 Å². The summed E-state index contributed by atoms with van der Waals surface area (Å²) in [4.78, 5) is 2.64. The molecule has 1 N–H and O–H groups in total. The third kappa shape index (κ3) is 2.35. The molecule has 2 aliphatic rings. The Morgan fingerprint density at radius 1 is 1.27 bits per heavy atom. The summed E-state index contributed by atoms with van der Waals surface area (Å²) in [6.07, 6.45) is 1.19. The SMILES string of the molecule is CC1(C)CN(C2CCOC2)C(C)(C)CN1. The molecule has 2 heterocycles. The largest absolute Gasteiger partial charge is 0.380 e. The van der Waals surface area contributed by atoms with Crippen LogP contribution in [0.3, 0.4) is 0 Å². The van der Waals surface area contributed by atoms with Crippen LogP contribution in [0.15, 0.2) is 0 Å². The van der Waals surface area contributed by atoms with E-state index in [-0.39, 0.29) is 11.1 Å². The Hall–Kier alpha value is -0.120. The average Bonchev–Trinajstić information content (AvgIpc) is 2.62. The molecular formula is C12H24N2O. The molecule has 3 heteroatoms. The van der Waals surface area contributed by atoms with Gasteiger partial charge in [-0.3, -0.25) is 4.90 Å². The topological polar surface area (TPSA) is 24.5 Å². The molecular weight excluding hydrogens is 188 g/mol. The average molecular weight is 212 g/mol. The minimum atomic E-state index is 0.234. The van der Waals surface area contributed by atoms with E-state index >= 15 is 0 Å². The van der Waals surface area contributed by atoms with Crippen LogP contribution in [0.25, 0.3) is 0 Å². The van der Waals surface area contributed by atoms with Crippen molar-refractivity contribution in [2.75, 3.05) is 26.3 Å². The van der Waals surface area contributed by atoms with Gasteiger partial charge in [0.05, 0.1) is 6.61 Å². The highest BCUT2D eigenvalue weighted by Crippen LogP contribution is 2.28. The maximum Gasteiger partial charge on any atom is 0.0622 e. The smallest absolute Gasteiger partial charge is 0.0622 e. The fourth-order valence-electron chi connectivity index (χ4n) is 2.64. The Labute approximate surface area is 93.2 Å². The molecule has 2 saturated heterocycles. The van der Waals surface area contributed by atoms with Gasteiger partial charge in [0.1, 0.15) is 0 Å². The number of nitrogens with one attached hydrogen (secondary N) is 1. The van der Waals surface area contributed by atoms with E-state index in [2.05, 4.69) is 37.9 Å². The first-order valence-electron chi connectivity index (χ1n) is 6.00. The van der Waals surface area contributed by atoms with Gasteiger partial charge in [0.2, 0.25) is 0 Å². The third-order valence-electron chi connectivity index (χ3n) is 3.69. The van der Waals surface area contributed by atoms with Crippen LogP contribution < -0.4 is 5.32 Å². The van der Waals surface area contributed by atoms with Gasteiger partial charge >= 0.3 is 0 Å². The summed E-state index contributed by atoms with van der Waals surface area (Å²) in [5.41, 5.74) is 0.492. The molecule has 1 unspecified atom stereocenters. The lowest BCUT2D eigenvalue weighted by Gasteiger charge is -2.52. The van der Waals surface area contributed by atoms with E-state index in [9.17, 15) is 0 Å². The van der Waals surface area contributed by atoms with Crippen LogP contribution in [-0.2, 0) is 4.74 Å². The second-order valence-corrected chi connectivity index (χ2v) is 6.20. The highest BCUT2D eigenvalue weighted by atomic mass is 16.5. The monoisotopic (exact) mass is 212 g/mol. The molecule has 0 saturated carbocycles. The lowest BCUT2D eigenvalue weighted by Crippen LogP contribution is -2.68. The van der Waals surface area contributed by atoms with Crippen molar-refractivity contribution in [1.82, 2.24) is 10.2 Å². The summed E-state index contributed by atoms with van der Waals surface area (Å²) in [7, 11) is 0. The van der Waals surface area contributed by atoms with Gasteiger partial charge < -0.3 is 10.1 Å². The molecule has 2 aliphatic heterocycles. The van der Waals surface area contributed by atoms with Crippen molar-refractivity contribution >= 4 is 0 Å². The summed E-state index contributed by atoms with van der Waals surface area (Å²) in [6.45, 7) is 13.3. The van der Waals surface area contributed by atoms with Gasteiger partial charge in [0, 0.05) is 36.8 Å². The number of hydrogen-bond donors (Lipinski definition) is 1. The lowest BCUT2D eigenvalue weighted by atomic mass is 9.89. The number of rotatable bonds is 1. The number of piperazine rings is 1. The van der Waals surface area contributed by atoms with Crippen LogP contribution in [0.1, 0.15) is 34.1 Å². The molecule has 15 heavy (non-hydrogen) atoms. The van der Waals surface area contributed by atoms with Gasteiger partial charge in [-0.05, 0) is 34.1 Å². The standard InChI is InChI=1S/C12H24N2O/c1-11(2)9-14(10-5-6-15-7-10)12(3,4)8-13-11/h10,13H,5-9H2,1-4H3. The Balaban J connectivity index is 2.10. The van der Waals surface area contributed by atoms with Crippen molar-refractivity contribution in [1.29, 1.82) is 0 Å². The highest BCUT2D eigenvalue weighted by Gasteiger charge is 2.41. The first-order valence-corrected chi connectivity index (χ1v) is 6.00. The second kappa shape index (κ2) is 3.72. The summed E-state index contributed by atoms with van der Waals surface area (Å²) < 4.78 is 5.51. The van der Waals surface area contributed by atoms with E-state index in [1.165, 1.54) is 6.42 Å². The molecule has 0 amide bonds.